The van der Waals surface area contributed by atoms with Crippen molar-refractivity contribution in [3.63, 3.8) is 0 Å². The Hall–Kier alpha value is -3.07. The second-order valence-corrected chi connectivity index (χ2v) is 6.14. The highest BCUT2D eigenvalue weighted by molar-refractivity contribution is 7.98. The Labute approximate surface area is 151 Å². The summed E-state index contributed by atoms with van der Waals surface area (Å²) in [6.07, 6.45) is 3.97. The first-order valence-corrected chi connectivity index (χ1v) is 8.40. The summed E-state index contributed by atoms with van der Waals surface area (Å²) in [6.45, 7) is 0. The van der Waals surface area contributed by atoms with Crippen molar-refractivity contribution in [3.8, 4) is 5.69 Å². The number of hydrogen-bond acceptors (Lipinski definition) is 6. The topological polar surface area (TPSA) is 97.7 Å². The van der Waals surface area contributed by atoms with Gasteiger partial charge in [0, 0.05) is 24.4 Å². The molecule has 0 aliphatic carbocycles. The number of nitrogens with two attached hydrogens (primary N) is 1. The van der Waals surface area contributed by atoms with Crippen LogP contribution in [0.5, 0.6) is 0 Å². The van der Waals surface area contributed by atoms with Gasteiger partial charge in [0.1, 0.15) is 28.7 Å². The van der Waals surface area contributed by atoms with Crippen LogP contribution in [0.15, 0.2) is 52.7 Å². The maximum absolute atomic E-state index is 14.3. The van der Waals surface area contributed by atoms with Crippen LogP contribution in [0.4, 0.5) is 14.6 Å². The van der Waals surface area contributed by atoms with Crippen LogP contribution in [0.3, 0.4) is 0 Å². The van der Waals surface area contributed by atoms with Crippen molar-refractivity contribution in [3.05, 3.63) is 75.8 Å². The predicted molar refractivity (Wildman–Crippen MR) is 95.8 cm³/mol. The van der Waals surface area contributed by atoms with Gasteiger partial charge in [-0.25, -0.2) is 18.3 Å². The maximum Gasteiger partial charge on any atom is 0.269 e. The molecule has 9 heteroatoms. The fraction of sp³-hybridized carbons (Fsp3) is 0.0588. The molecule has 2 aromatic heterocycles. The fourth-order valence-corrected chi connectivity index (χ4v) is 3.23. The molecule has 2 heterocycles. The van der Waals surface area contributed by atoms with Gasteiger partial charge in [-0.2, -0.15) is 0 Å². The molecule has 0 unspecified atom stereocenters. The highest BCUT2D eigenvalue weighted by atomic mass is 32.2. The van der Waals surface area contributed by atoms with Crippen molar-refractivity contribution in [2.24, 2.45) is 0 Å². The van der Waals surface area contributed by atoms with Gasteiger partial charge in [-0.05, 0) is 23.8 Å². The van der Waals surface area contributed by atoms with E-state index in [1.54, 1.807) is 18.5 Å². The number of pyridine rings is 1. The molecule has 0 radical (unpaired) electrons. The van der Waals surface area contributed by atoms with E-state index in [2.05, 4.69) is 9.97 Å². The van der Waals surface area contributed by atoms with Crippen molar-refractivity contribution in [1.82, 2.24) is 14.5 Å². The second kappa shape index (κ2) is 7.44. The van der Waals surface area contributed by atoms with Gasteiger partial charge in [0.15, 0.2) is 5.16 Å². The number of halogens is 2. The Bertz CT molecular complexity index is 1000. The van der Waals surface area contributed by atoms with Crippen LogP contribution in [0.2, 0.25) is 0 Å². The molecular formula is C17H13F2N5OS. The Balaban J connectivity index is 2.17. The fourth-order valence-electron chi connectivity index (χ4n) is 2.29. The molecule has 1 aromatic carbocycles. The number of para-hydroxylation sites is 1. The lowest BCUT2D eigenvalue weighted by molar-refractivity contribution is 0.556. The van der Waals surface area contributed by atoms with Crippen LogP contribution in [0.1, 0.15) is 11.1 Å². The molecular weight excluding hydrogens is 360 g/mol. The third kappa shape index (κ3) is 3.33. The number of aromatic nitrogens is 3. The van der Waals surface area contributed by atoms with E-state index in [-0.39, 0.29) is 16.5 Å². The summed E-state index contributed by atoms with van der Waals surface area (Å²) >= 11 is 1.08. The lowest BCUT2D eigenvalue weighted by Gasteiger charge is -2.15. The van der Waals surface area contributed by atoms with E-state index in [1.165, 1.54) is 6.07 Å². The molecule has 0 atom stereocenters. The zero-order valence-electron chi connectivity index (χ0n) is 13.3. The standard InChI is InChI=1S/C17H13F2N5OS/c18-12-4-1-5-13(19)14(12)24-16(25)11(7-20)15(21)23-17(24)26-9-10-3-2-6-22-8-10/h1-8,20H,9,21H2. The van der Waals surface area contributed by atoms with Crippen molar-refractivity contribution in [2.75, 3.05) is 5.73 Å². The zero-order chi connectivity index (χ0) is 18.7. The molecule has 3 rings (SSSR count). The van der Waals surface area contributed by atoms with Crippen molar-refractivity contribution in [1.29, 1.82) is 5.41 Å². The summed E-state index contributed by atoms with van der Waals surface area (Å²) in [5, 5.41) is 7.36. The normalized spacial score (nSPS) is 10.7. The molecule has 0 saturated carbocycles. The number of nitrogens with zero attached hydrogens (tertiary/aromatic N) is 3. The second-order valence-electron chi connectivity index (χ2n) is 5.20. The van der Waals surface area contributed by atoms with Gasteiger partial charge in [-0.3, -0.25) is 9.78 Å². The first-order valence-electron chi connectivity index (χ1n) is 7.42. The first-order chi connectivity index (χ1) is 12.5. The number of thioether (sulfide) groups is 1. The van der Waals surface area contributed by atoms with Crippen LogP contribution in [0.25, 0.3) is 5.69 Å². The molecule has 0 bridgehead atoms. The lowest BCUT2D eigenvalue weighted by atomic mass is 10.2. The summed E-state index contributed by atoms with van der Waals surface area (Å²) < 4.78 is 29.3. The maximum atomic E-state index is 14.3. The smallest absolute Gasteiger partial charge is 0.269 e. The number of hydrogen-bond donors (Lipinski definition) is 2. The Kier molecular flexibility index (Phi) is 5.08. The van der Waals surface area contributed by atoms with E-state index in [1.807, 2.05) is 6.07 Å². The van der Waals surface area contributed by atoms with E-state index >= 15 is 0 Å². The van der Waals surface area contributed by atoms with Crippen molar-refractivity contribution in [2.45, 2.75) is 10.9 Å². The predicted octanol–water partition coefficient (Wildman–Crippen LogP) is 2.78. The van der Waals surface area contributed by atoms with Gasteiger partial charge in [0.05, 0.1) is 0 Å². The largest absolute Gasteiger partial charge is 0.383 e. The Morgan fingerprint density at radius 1 is 1.23 bits per heavy atom. The molecule has 0 aliphatic rings. The monoisotopic (exact) mass is 373 g/mol. The summed E-state index contributed by atoms with van der Waals surface area (Å²) in [4.78, 5) is 20.8. The molecule has 0 amide bonds. The van der Waals surface area contributed by atoms with E-state index in [0.29, 0.717) is 5.75 Å². The highest BCUT2D eigenvalue weighted by Crippen LogP contribution is 2.26. The van der Waals surface area contributed by atoms with Gasteiger partial charge in [0.25, 0.3) is 5.56 Å². The summed E-state index contributed by atoms with van der Waals surface area (Å²) in [5.74, 6) is -1.65. The van der Waals surface area contributed by atoms with Crippen LogP contribution < -0.4 is 11.3 Å². The van der Waals surface area contributed by atoms with Gasteiger partial charge in [-0.15, -0.1) is 0 Å². The Morgan fingerprint density at radius 3 is 2.58 bits per heavy atom. The van der Waals surface area contributed by atoms with E-state index in [0.717, 1.165) is 40.2 Å². The number of anilines is 1. The third-order valence-corrected chi connectivity index (χ3v) is 4.52. The molecule has 3 N–H and O–H groups in total. The molecule has 26 heavy (non-hydrogen) atoms. The van der Waals surface area contributed by atoms with E-state index in [9.17, 15) is 13.6 Å². The number of benzene rings is 1. The first kappa shape index (κ1) is 17.7. The van der Waals surface area contributed by atoms with Crippen molar-refractivity contribution >= 4 is 23.8 Å². The molecule has 0 spiro atoms. The number of nitrogen functional groups attached to an aromatic ring is 1. The number of nitrogens with one attached hydrogen (secondary N) is 1. The van der Waals surface area contributed by atoms with Gasteiger partial charge in [-0.1, -0.05) is 23.9 Å². The Morgan fingerprint density at radius 2 is 1.96 bits per heavy atom. The van der Waals surface area contributed by atoms with Crippen LogP contribution >= 0.6 is 11.8 Å². The molecule has 3 aromatic rings. The van der Waals surface area contributed by atoms with Crippen molar-refractivity contribution < 1.29 is 8.78 Å². The van der Waals surface area contributed by atoms with Crippen LogP contribution in [-0.4, -0.2) is 20.7 Å². The van der Waals surface area contributed by atoms with Crippen LogP contribution in [-0.2, 0) is 5.75 Å². The lowest BCUT2D eigenvalue weighted by Crippen LogP contribution is -2.28. The minimum atomic E-state index is -0.919. The SMILES string of the molecule is N=Cc1c(N)nc(SCc2cccnc2)n(-c2c(F)cccc2F)c1=O. The molecule has 0 fully saturated rings. The third-order valence-electron chi connectivity index (χ3n) is 3.51. The van der Waals surface area contributed by atoms with Gasteiger partial charge in [0.2, 0.25) is 0 Å². The zero-order valence-corrected chi connectivity index (χ0v) is 14.1. The molecule has 0 aliphatic heterocycles. The molecule has 6 nitrogen and oxygen atoms in total. The minimum Gasteiger partial charge on any atom is -0.383 e. The van der Waals surface area contributed by atoms with Crippen LogP contribution in [0, 0.1) is 17.0 Å². The van der Waals surface area contributed by atoms with Gasteiger partial charge < -0.3 is 11.1 Å². The summed E-state index contributed by atoms with van der Waals surface area (Å²) in [6, 6.07) is 6.85. The summed E-state index contributed by atoms with van der Waals surface area (Å²) in [5.41, 5.74) is 4.96. The van der Waals surface area contributed by atoms with E-state index in [4.69, 9.17) is 11.1 Å². The average molecular weight is 373 g/mol. The van der Waals surface area contributed by atoms with E-state index < -0.39 is 22.9 Å². The molecule has 0 saturated heterocycles. The average Bonchev–Trinajstić information content (AvgIpc) is 2.63. The molecule has 132 valence electrons. The summed E-state index contributed by atoms with van der Waals surface area (Å²) in [7, 11) is 0. The number of rotatable bonds is 5. The minimum absolute atomic E-state index is 0.0194. The van der Waals surface area contributed by atoms with Gasteiger partial charge >= 0.3 is 0 Å². The quantitative estimate of drug-likeness (QED) is 0.407. The highest BCUT2D eigenvalue weighted by Gasteiger charge is 2.21.